The van der Waals surface area contributed by atoms with Crippen LogP contribution < -0.4 is 11.1 Å². The lowest BCUT2D eigenvalue weighted by atomic mass is 9.95. The van der Waals surface area contributed by atoms with Crippen LogP contribution in [-0.2, 0) is 11.2 Å². The molecule has 0 unspecified atom stereocenters. The predicted octanol–water partition coefficient (Wildman–Crippen LogP) is 2.82. The molecule has 3 heteroatoms. The summed E-state index contributed by atoms with van der Waals surface area (Å²) in [6, 6.07) is 5.65. The number of carbonyl (C=O) groups excluding carboxylic acids is 1. The molecule has 0 aliphatic rings. The van der Waals surface area contributed by atoms with Gasteiger partial charge in [-0.2, -0.15) is 0 Å². The van der Waals surface area contributed by atoms with Gasteiger partial charge < -0.3 is 11.1 Å². The summed E-state index contributed by atoms with van der Waals surface area (Å²) < 4.78 is 0. The van der Waals surface area contributed by atoms with E-state index in [4.69, 9.17) is 5.73 Å². The molecule has 16 heavy (non-hydrogen) atoms. The highest BCUT2D eigenvalue weighted by molar-refractivity contribution is 5.94. The standard InChI is InChI=1S/C13H20N2O/c1-5-9-6-7-10(8-11(9)14)15-12(16)13(2,3)4/h6-8H,5,14H2,1-4H3,(H,15,16). The third kappa shape index (κ3) is 2.99. The van der Waals surface area contributed by atoms with Gasteiger partial charge in [0.2, 0.25) is 5.91 Å². The molecule has 1 aromatic rings. The van der Waals surface area contributed by atoms with Crippen molar-refractivity contribution >= 4 is 17.3 Å². The summed E-state index contributed by atoms with van der Waals surface area (Å²) >= 11 is 0. The molecule has 1 aromatic carbocycles. The molecular weight excluding hydrogens is 200 g/mol. The Hall–Kier alpha value is -1.51. The van der Waals surface area contributed by atoms with Gasteiger partial charge in [-0.15, -0.1) is 0 Å². The molecule has 0 aromatic heterocycles. The number of carbonyl (C=O) groups is 1. The minimum atomic E-state index is -0.391. The summed E-state index contributed by atoms with van der Waals surface area (Å²) in [4.78, 5) is 11.7. The number of nitrogen functional groups attached to an aromatic ring is 1. The van der Waals surface area contributed by atoms with Gasteiger partial charge in [0.25, 0.3) is 0 Å². The van der Waals surface area contributed by atoms with E-state index in [2.05, 4.69) is 12.2 Å². The molecule has 0 saturated heterocycles. The summed E-state index contributed by atoms with van der Waals surface area (Å²) in [6.07, 6.45) is 0.902. The van der Waals surface area contributed by atoms with Crippen molar-refractivity contribution in [1.82, 2.24) is 0 Å². The van der Waals surface area contributed by atoms with Gasteiger partial charge in [0, 0.05) is 16.8 Å². The highest BCUT2D eigenvalue weighted by atomic mass is 16.2. The highest BCUT2D eigenvalue weighted by Gasteiger charge is 2.21. The van der Waals surface area contributed by atoms with Crippen molar-refractivity contribution in [3.8, 4) is 0 Å². The SMILES string of the molecule is CCc1ccc(NC(=O)C(C)(C)C)cc1N. The molecule has 1 amide bonds. The number of hydrogen-bond acceptors (Lipinski definition) is 2. The van der Waals surface area contributed by atoms with Crippen LogP contribution in [0.1, 0.15) is 33.3 Å². The van der Waals surface area contributed by atoms with Crippen molar-refractivity contribution in [3.05, 3.63) is 23.8 Å². The van der Waals surface area contributed by atoms with Crippen LogP contribution in [0.4, 0.5) is 11.4 Å². The lowest BCUT2D eigenvalue weighted by molar-refractivity contribution is -0.123. The maximum atomic E-state index is 11.7. The molecule has 0 fully saturated rings. The summed E-state index contributed by atoms with van der Waals surface area (Å²) in [7, 11) is 0. The number of rotatable bonds is 2. The topological polar surface area (TPSA) is 55.1 Å². The average Bonchev–Trinajstić information content (AvgIpc) is 2.16. The normalized spacial score (nSPS) is 11.2. The van der Waals surface area contributed by atoms with Crippen LogP contribution in [0.2, 0.25) is 0 Å². The highest BCUT2D eigenvalue weighted by Crippen LogP contribution is 2.21. The van der Waals surface area contributed by atoms with Crippen LogP contribution in [0.25, 0.3) is 0 Å². The monoisotopic (exact) mass is 220 g/mol. The van der Waals surface area contributed by atoms with E-state index in [0.717, 1.165) is 23.4 Å². The smallest absolute Gasteiger partial charge is 0.229 e. The average molecular weight is 220 g/mol. The van der Waals surface area contributed by atoms with E-state index < -0.39 is 5.41 Å². The van der Waals surface area contributed by atoms with E-state index in [1.165, 1.54) is 0 Å². The van der Waals surface area contributed by atoms with Crippen LogP contribution in [0.5, 0.6) is 0 Å². The van der Waals surface area contributed by atoms with E-state index in [1.807, 2.05) is 39.0 Å². The fourth-order valence-electron chi connectivity index (χ4n) is 1.31. The number of benzene rings is 1. The number of nitrogens with one attached hydrogen (secondary N) is 1. The molecule has 0 radical (unpaired) electrons. The van der Waals surface area contributed by atoms with Gasteiger partial charge in [-0.1, -0.05) is 33.8 Å². The number of hydrogen-bond donors (Lipinski definition) is 2. The first-order valence-electron chi connectivity index (χ1n) is 5.54. The predicted molar refractivity (Wildman–Crippen MR) is 68.3 cm³/mol. The molecule has 0 atom stereocenters. The zero-order valence-electron chi connectivity index (χ0n) is 10.4. The molecule has 0 aliphatic heterocycles. The zero-order valence-corrected chi connectivity index (χ0v) is 10.4. The van der Waals surface area contributed by atoms with E-state index in [9.17, 15) is 4.79 Å². The summed E-state index contributed by atoms with van der Waals surface area (Å²) in [5, 5.41) is 2.86. The van der Waals surface area contributed by atoms with E-state index in [1.54, 1.807) is 0 Å². The van der Waals surface area contributed by atoms with Crippen LogP contribution in [0.15, 0.2) is 18.2 Å². The minimum Gasteiger partial charge on any atom is -0.398 e. The lowest BCUT2D eigenvalue weighted by Crippen LogP contribution is -2.27. The Morgan fingerprint density at radius 3 is 2.44 bits per heavy atom. The van der Waals surface area contributed by atoms with E-state index in [0.29, 0.717) is 0 Å². The molecule has 3 nitrogen and oxygen atoms in total. The van der Waals surface area contributed by atoms with Gasteiger partial charge in [0.15, 0.2) is 0 Å². The number of aryl methyl sites for hydroxylation is 1. The van der Waals surface area contributed by atoms with Gasteiger partial charge in [-0.25, -0.2) is 0 Å². The van der Waals surface area contributed by atoms with Crippen LogP contribution >= 0.6 is 0 Å². The molecule has 0 aliphatic carbocycles. The van der Waals surface area contributed by atoms with Crippen LogP contribution in [0.3, 0.4) is 0 Å². The lowest BCUT2D eigenvalue weighted by Gasteiger charge is -2.18. The second kappa shape index (κ2) is 4.56. The van der Waals surface area contributed by atoms with Crippen molar-refractivity contribution < 1.29 is 4.79 Å². The van der Waals surface area contributed by atoms with Gasteiger partial charge in [-0.3, -0.25) is 4.79 Å². The largest absolute Gasteiger partial charge is 0.398 e. The maximum Gasteiger partial charge on any atom is 0.229 e. The first-order chi connectivity index (χ1) is 7.34. The molecule has 0 spiro atoms. The van der Waals surface area contributed by atoms with Crippen molar-refractivity contribution in [1.29, 1.82) is 0 Å². The van der Waals surface area contributed by atoms with Gasteiger partial charge in [-0.05, 0) is 24.1 Å². The number of nitrogens with two attached hydrogens (primary N) is 1. The molecule has 3 N–H and O–H groups in total. The Bertz CT molecular complexity index is 391. The Balaban J connectivity index is 2.84. The van der Waals surface area contributed by atoms with Crippen molar-refractivity contribution in [3.63, 3.8) is 0 Å². The first-order valence-corrected chi connectivity index (χ1v) is 5.54. The second-order valence-electron chi connectivity index (χ2n) is 4.97. The van der Waals surface area contributed by atoms with Crippen LogP contribution in [-0.4, -0.2) is 5.91 Å². The Morgan fingerprint density at radius 2 is 2.00 bits per heavy atom. The molecule has 0 heterocycles. The van der Waals surface area contributed by atoms with E-state index in [-0.39, 0.29) is 5.91 Å². The molecule has 1 rings (SSSR count). The summed E-state index contributed by atoms with van der Waals surface area (Å²) in [5.74, 6) is -0.00357. The zero-order chi connectivity index (χ0) is 12.3. The minimum absolute atomic E-state index is 0.00357. The van der Waals surface area contributed by atoms with Crippen molar-refractivity contribution in [2.24, 2.45) is 5.41 Å². The number of anilines is 2. The Labute approximate surface area is 97.0 Å². The first kappa shape index (κ1) is 12.6. The van der Waals surface area contributed by atoms with Crippen LogP contribution in [0, 0.1) is 5.41 Å². The number of amides is 1. The van der Waals surface area contributed by atoms with Gasteiger partial charge in [0.05, 0.1) is 0 Å². The third-order valence-electron chi connectivity index (χ3n) is 2.47. The fraction of sp³-hybridized carbons (Fsp3) is 0.462. The molecule has 0 bridgehead atoms. The van der Waals surface area contributed by atoms with Crippen molar-refractivity contribution in [2.75, 3.05) is 11.1 Å². The van der Waals surface area contributed by atoms with Crippen molar-refractivity contribution in [2.45, 2.75) is 34.1 Å². The fourth-order valence-corrected chi connectivity index (χ4v) is 1.31. The Morgan fingerprint density at radius 1 is 1.38 bits per heavy atom. The maximum absolute atomic E-state index is 11.7. The van der Waals surface area contributed by atoms with E-state index >= 15 is 0 Å². The van der Waals surface area contributed by atoms with Gasteiger partial charge >= 0.3 is 0 Å². The van der Waals surface area contributed by atoms with Gasteiger partial charge in [0.1, 0.15) is 0 Å². The quantitative estimate of drug-likeness (QED) is 0.753. The second-order valence-corrected chi connectivity index (χ2v) is 4.97. The summed E-state index contributed by atoms with van der Waals surface area (Å²) in [5.41, 5.74) is 8.07. The third-order valence-corrected chi connectivity index (χ3v) is 2.47. The summed E-state index contributed by atoms with van der Waals surface area (Å²) in [6.45, 7) is 7.70. The molecular formula is C13H20N2O. The Kier molecular flexibility index (Phi) is 3.58. The molecule has 0 saturated carbocycles. The molecule has 88 valence electrons.